The van der Waals surface area contributed by atoms with E-state index in [2.05, 4.69) is 18.7 Å². The Bertz CT molecular complexity index is 182. The van der Waals surface area contributed by atoms with E-state index >= 15 is 0 Å². The Kier molecular flexibility index (Phi) is 19.0. The van der Waals surface area contributed by atoms with E-state index in [1.165, 1.54) is 88.6 Å². The standard InChI is InChI=1S/C18H35OS/c1-2-3-4-5-6-7-8-9-11-14-17-20-18-15-12-10-13-16-19/h2-15,17-18H2,1H3. The molecule has 0 bridgehead atoms. The van der Waals surface area contributed by atoms with Crippen molar-refractivity contribution in [2.75, 3.05) is 11.5 Å². The molecular formula is C18H35OS. The molecule has 1 nitrogen and oxygen atoms in total. The van der Waals surface area contributed by atoms with Crippen LogP contribution in [0.4, 0.5) is 0 Å². The molecule has 0 spiro atoms. The highest BCUT2D eigenvalue weighted by molar-refractivity contribution is 7.99. The highest BCUT2D eigenvalue weighted by Gasteiger charge is 1.94. The van der Waals surface area contributed by atoms with Gasteiger partial charge in [-0.3, -0.25) is 4.79 Å². The quantitative estimate of drug-likeness (QED) is 0.293. The summed E-state index contributed by atoms with van der Waals surface area (Å²) in [6.07, 6.45) is 20.3. The fourth-order valence-electron chi connectivity index (χ4n) is 2.37. The lowest BCUT2D eigenvalue weighted by Gasteiger charge is -2.03. The molecule has 0 aromatic carbocycles. The minimum atomic E-state index is 0.628. The summed E-state index contributed by atoms with van der Waals surface area (Å²) in [5.74, 6) is 2.60. The highest BCUT2D eigenvalue weighted by atomic mass is 32.2. The first-order chi connectivity index (χ1) is 9.91. The van der Waals surface area contributed by atoms with Gasteiger partial charge in [0, 0.05) is 6.42 Å². The van der Waals surface area contributed by atoms with Crippen LogP contribution in [0.25, 0.3) is 0 Å². The fourth-order valence-corrected chi connectivity index (χ4v) is 3.39. The van der Waals surface area contributed by atoms with Gasteiger partial charge in [0.1, 0.15) is 0 Å². The van der Waals surface area contributed by atoms with Crippen LogP contribution in [0.2, 0.25) is 0 Å². The second-order valence-corrected chi connectivity index (χ2v) is 6.97. The normalized spacial score (nSPS) is 10.8. The van der Waals surface area contributed by atoms with Crippen LogP contribution in [-0.2, 0) is 4.79 Å². The van der Waals surface area contributed by atoms with Crippen molar-refractivity contribution in [3.05, 3.63) is 0 Å². The summed E-state index contributed by atoms with van der Waals surface area (Å²) in [6, 6.07) is 0. The lowest BCUT2D eigenvalue weighted by Crippen LogP contribution is -1.87. The van der Waals surface area contributed by atoms with Crippen LogP contribution in [0.5, 0.6) is 0 Å². The molecule has 2 heteroatoms. The Hall–Kier alpha value is 0.0200. The zero-order valence-corrected chi connectivity index (χ0v) is 14.4. The van der Waals surface area contributed by atoms with Crippen LogP contribution in [0.3, 0.4) is 0 Å². The molecule has 0 aliphatic heterocycles. The van der Waals surface area contributed by atoms with Crippen molar-refractivity contribution in [1.82, 2.24) is 0 Å². The van der Waals surface area contributed by atoms with Gasteiger partial charge < -0.3 is 0 Å². The number of hydrogen-bond acceptors (Lipinski definition) is 2. The zero-order chi connectivity index (χ0) is 14.7. The molecule has 0 aromatic rings. The summed E-state index contributed by atoms with van der Waals surface area (Å²) < 4.78 is 0. The Morgan fingerprint density at radius 1 is 0.650 bits per heavy atom. The summed E-state index contributed by atoms with van der Waals surface area (Å²) in [7, 11) is 0. The number of hydrogen-bond donors (Lipinski definition) is 0. The lowest BCUT2D eigenvalue weighted by molar-refractivity contribution is 0.546. The highest BCUT2D eigenvalue weighted by Crippen LogP contribution is 2.13. The predicted octanol–water partition coefficient (Wildman–Crippen LogP) is 6.31. The van der Waals surface area contributed by atoms with E-state index in [0.29, 0.717) is 6.42 Å². The van der Waals surface area contributed by atoms with E-state index in [0.717, 1.165) is 6.42 Å². The van der Waals surface area contributed by atoms with Crippen molar-refractivity contribution in [1.29, 1.82) is 0 Å². The average molecular weight is 300 g/mol. The summed E-state index contributed by atoms with van der Waals surface area (Å²) in [5.41, 5.74) is 0. The molecule has 119 valence electrons. The topological polar surface area (TPSA) is 17.1 Å². The van der Waals surface area contributed by atoms with Gasteiger partial charge in [-0.2, -0.15) is 11.8 Å². The molecule has 1 radical (unpaired) electrons. The van der Waals surface area contributed by atoms with Crippen molar-refractivity contribution in [3.8, 4) is 0 Å². The third-order valence-electron chi connectivity index (χ3n) is 3.71. The van der Waals surface area contributed by atoms with Crippen LogP contribution in [0, 0.1) is 0 Å². The third kappa shape index (κ3) is 18.0. The Labute approximate surface area is 131 Å². The number of unbranched alkanes of at least 4 members (excludes halogenated alkanes) is 12. The van der Waals surface area contributed by atoms with Gasteiger partial charge in [-0.15, -0.1) is 0 Å². The smallest absolute Gasteiger partial charge is 0.198 e. The first kappa shape index (κ1) is 20.0. The van der Waals surface area contributed by atoms with Gasteiger partial charge in [-0.05, 0) is 30.8 Å². The Morgan fingerprint density at radius 2 is 1.10 bits per heavy atom. The Morgan fingerprint density at radius 3 is 1.60 bits per heavy atom. The molecule has 20 heavy (non-hydrogen) atoms. The summed E-state index contributed by atoms with van der Waals surface area (Å²) >= 11 is 2.09. The molecule has 0 amide bonds. The molecule has 0 fully saturated rings. The maximum absolute atomic E-state index is 10.0. The summed E-state index contributed by atoms with van der Waals surface area (Å²) in [5, 5.41) is 0. The van der Waals surface area contributed by atoms with Gasteiger partial charge in [-0.25, -0.2) is 0 Å². The van der Waals surface area contributed by atoms with Crippen molar-refractivity contribution < 1.29 is 4.79 Å². The largest absolute Gasteiger partial charge is 0.291 e. The maximum atomic E-state index is 10.0. The van der Waals surface area contributed by atoms with Crippen LogP contribution in [0.1, 0.15) is 96.8 Å². The van der Waals surface area contributed by atoms with Crippen LogP contribution in [0.15, 0.2) is 0 Å². The fraction of sp³-hybridized carbons (Fsp3) is 0.944. The van der Waals surface area contributed by atoms with Gasteiger partial charge in [0.05, 0.1) is 0 Å². The SMILES string of the molecule is CCCCCCCCCCCCSCCCCC[C]=O. The molecule has 0 aliphatic carbocycles. The first-order valence-electron chi connectivity index (χ1n) is 8.84. The van der Waals surface area contributed by atoms with E-state index in [-0.39, 0.29) is 0 Å². The molecule has 0 rings (SSSR count). The number of carbonyl (C=O) groups excluding carboxylic acids is 1. The minimum Gasteiger partial charge on any atom is -0.291 e. The average Bonchev–Trinajstić information content (AvgIpc) is 2.47. The zero-order valence-electron chi connectivity index (χ0n) is 13.6. The Balaban J connectivity index is 2.90. The predicted molar refractivity (Wildman–Crippen MR) is 93.3 cm³/mol. The van der Waals surface area contributed by atoms with Gasteiger partial charge in [0.2, 0.25) is 0 Å². The minimum absolute atomic E-state index is 0.628. The molecule has 0 saturated carbocycles. The van der Waals surface area contributed by atoms with Crippen molar-refractivity contribution in [2.24, 2.45) is 0 Å². The molecule has 0 atom stereocenters. The molecule has 0 aromatic heterocycles. The van der Waals surface area contributed by atoms with E-state index in [1.54, 1.807) is 0 Å². The van der Waals surface area contributed by atoms with Crippen molar-refractivity contribution >= 4 is 18.0 Å². The van der Waals surface area contributed by atoms with E-state index in [9.17, 15) is 4.79 Å². The van der Waals surface area contributed by atoms with E-state index in [1.807, 2.05) is 6.29 Å². The van der Waals surface area contributed by atoms with Crippen LogP contribution >= 0.6 is 11.8 Å². The molecular weight excluding hydrogens is 264 g/mol. The second kappa shape index (κ2) is 19.0. The molecule has 0 N–H and O–H groups in total. The molecule has 0 unspecified atom stereocenters. The third-order valence-corrected chi connectivity index (χ3v) is 4.86. The van der Waals surface area contributed by atoms with Gasteiger partial charge in [-0.1, -0.05) is 71.1 Å². The summed E-state index contributed by atoms with van der Waals surface area (Å²) in [6.45, 7) is 2.28. The van der Waals surface area contributed by atoms with E-state index < -0.39 is 0 Å². The van der Waals surface area contributed by atoms with Crippen LogP contribution < -0.4 is 0 Å². The second-order valence-electron chi connectivity index (χ2n) is 5.75. The van der Waals surface area contributed by atoms with Crippen LogP contribution in [-0.4, -0.2) is 17.8 Å². The maximum Gasteiger partial charge on any atom is 0.198 e. The summed E-state index contributed by atoms with van der Waals surface area (Å²) in [4.78, 5) is 10.0. The lowest BCUT2D eigenvalue weighted by atomic mass is 10.1. The number of thioether (sulfide) groups is 1. The van der Waals surface area contributed by atoms with Gasteiger partial charge >= 0.3 is 0 Å². The van der Waals surface area contributed by atoms with Crippen molar-refractivity contribution in [3.63, 3.8) is 0 Å². The first-order valence-corrected chi connectivity index (χ1v) is 10.00. The molecule has 0 saturated heterocycles. The van der Waals surface area contributed by atoms with Gasteiger partial charge in [0.25, 0.3) is 0 Å². The molecule has 0 heterocycles. The van der Waals surface area contributed by atoms with Gasteiger partial charge in [0.15, 0.2) is 6.29 Å². The number of rotatable bonds is 17. The molecule has 0 aliphatic rings. The monoisotopic (exact) mass is 299 g/mol. The van der Waals surface area contributed by atoms with Crippen molar-refractivity contribution in [2.45, 2.75) is 96.8 Å². The van der Waals surface area contributed by atoms with E-state index in [4.69, 9.17) is 0 Å².